The van der Waals surface area contributed by atoms with Crippen LogP contribution in [-0.2, 0) is 0 Å². The molecule has 2 heterocycles. The zero-order valence-electron chi connectivity index (χ0n) is 8.47. The average Bonchev–Trinajstić information content (AvgIpc) is 2.65. The van der Waals surface area contributed by atoms with Crippen molar-refractivity contribution in [2.75, 3.05) is 19.6 Å². The standard InChI is InChI=1S/C11H14N2O2/c14-9-4-6-13(7-9)8-11(15)10-3-1-2-5-12-10/h1-3,5,9,14H,4,6-8H2. The van der Waals surface area contributed by atoms with Crippen LogP contribution in [0, 0.1) is 0 Å². The summed E-state index contributed by atoms with van der Waals surface area (Å²) in [6.07, 6.45) is 2.10. The molecule has 0 radical (unpaired) electrons. The van der Waals surface area contributed by atoms with Crippen molar-refractivity contribution in [2.45, 2.75) is 12.5 Å². The number of nitrogens with zero attached hydrogens (tertiary/aromatic N) is 2. The molecule has 1 aliphatic rings. The third-order valence-electron chi connectivity index (χ3n) is 2.57. The molecule has 0 saturated carbocycles. The SMILES string of the molecule is O=C(CN1CCC(O)C1)c1ccccn1. The summed E-state index contributed by atoms with van der Waals surface area (Å²) in [6.45, 7) is 1.74. The number of pyridine rings is 1. The number of ketones is 1. The minimum absolute atomic E-state index is 0.0182. The van der Waals surface area contributed by atoms with Gasteiger partial charge in [0.15, 0.2) is 5.78 Å². The van der Waals surface area contributed by atoms with Crippen molar-refractivity contribution >= 4 is 5.78 Å². The van der Waals surface area contributed by atoms with Gasteiger partial charge in [0.05, 0.1) is 12.6 Å². The van der Waals surface area contributed by atoms with Crippen LogP contribution in [0.5, 0.6) is 0 Å². The Balaban J connectivity index is 1.93. The van der Waals surface area contributed by atoms with Crippen LogP contribution in [0.4, 0.5) is 0 Å². The maximum atomic E-state index is 11.7. The summed E-state index contributed by atoms with van der Waals surface area (Å²) < 4.78 is 0. The number of aromatic nitrogens is 1. The lowest BCUT2D eigenvalue weighted by molar-refractivity contribution is 0.0930. The Kier molecular flexibility index (Phi) is 3.08. The monoisotopic (exact) mass is 206 g/mol. The van der Waals surface area contributed by atoms with Crippen LogP contribution < -0.4 is 0 Å². The molecule has 1 atom stereocenters. The van der Waals surface area contributed by atoms with Crippen LogP contribution in [0.25, 0.3) is 0 Å². The lowest BCUT2D eigenvalue weighted by Crippen LogP contribution is -2.29. The average molecular weight is 206 g/mol. The second-order valence-corrected chi connectivity index (χ2v) is 3.82. The summed E-state index contributed by atoms with van der Waals surface area (Å²) >= 11 is 0. The molecular formula is C11H14N2O2. The second-order valence-electron chi connectivity index (χ2n) is 3.82. The maximum absolute atomic E-state index is 11.7. The van der Waals surface area contributed by atoms with Gasteiger partial charge in [0.25, 0.3) is 0 Å². The fourth-order valence-electron chi connectivity index (χ4n) is 1.77. The molecule has 1 aromatic heterocycles. The highest BCUT2D eigenvalue weighted by Crippen LogP contribution is 2.09. The van der Waals surface area contributed by atoms with E-state index in [1.54, 1.807) is 24.4 Å². The van der Waals surface area contributed by atoms with Gasteiger partial charge in [-0.15, -0.1) is 0 Å². The number of likely N-dealkylation sites (tertiary alicyclic amines) is 1. The van der Waals surface area contributed by atoms with Crippen molar-refractivity contribution in [2.24, 2.45) is 0 Å². The molecular weight excluding hydrogens is 192 g/mol. The number of rotatable bonds is 3. The highest BCUT2D eigenvalue weighted by atomic mass is 16.3. The van der Waals surface area contributed by atoms with Crippen LogP contribution in [0.15, 0.2) is 24.4 Å². The Bertz CT molecular complexity index is 340. The van der Waals surface area contributed by atoms with Crippen molar-refractivity contribution in [1.82, 2.24) is 9.88 Å². The Hall–Kier alpha value is -1.26. The van der Waals surface area contributed by atoms with Crippen LogP contribution in [0.2, 0.25) is 0 Å². The topological polar surface area (TPSA) is 53.4 Å². The zero-order valence-corrected chi connectivity index (χ0v) is 8.47. The van der Waals surface area contributed by atoms with Crippen molar-refractivity contribution in [3.05, 3.63) is 30.1 Å². The third-order valence-corrected chi connectivity index (χ3v) is 2.57. The van der Waals surface area contributed by atoms with Gasteiger partial charge in [-0.25, -0.2) is 0 Å². The number of β-amino-alcohol motifs (C(OH)–C–C–N with tert-alkyl or cyclic N) is 1. The van der Waals surface area contributed by atoms with Crippen molar-refractivity contribution in [3.8, 4) is 0 Å². The van der Waals surface area contributed by atoms with Crippen LogP contribution >= 0.6 is 0 Å². The van der Waals surface area contributed by atoms with Gasteiger partial charge in [-0.3, -0.25) is 14.7 Å². The molecule has 0 bridgehead atoms. The number of aliphatic hydroxyl groups is 1. The fraction of sp³-hybridized carbons (Fsp3) is 0.455. The second kappa shape index (κ2) is 4.51. The fourth-order valence-corrected chi connectivity index (χ4v) is 1.77. The zero-order chi connectivity index (χ0) is 10.7. The van der Waals surface area contributed by atoms with Crippen LogP contribution in [0.3, 0.4) is 0 Å². The van der Waals surface area contributed by atoms with E-state index >= 15 is 0 Å². The van der Waals surface area contributed by atoms with Gasteiger partial charge in [-0.1, -0.05) is 6.07 Å². The van der Waals surface area contributed by atoms with E-state index in [0.717, 1.165) is 13.0 Å². The highest BCUT2D eigenvalue weighted by molar-refractivity contribution is 5.95. The highest BCUT2D eigenvalue weighted by Gasteiger charge is 2.22. The van der Waals surface area contributed by atoms with Gasteiger partial charge < -0.3 is 5.11 Å². The van der Waals surface area contributed by atoms with E-state index in [9.17, 15) is 9.90 Å². The third kappa shape index (κ3) is 2.61. The van der Waals surface area contributed by atoms with Gasteiger partial charge in [-0.05, 0) is 18.6 Å². The molecule has 0 spiro atoms. The molecule has 80 valence electrons. The molecule has 0 amide bonds. The van der Waals surface area contributed by atoms with Crippen molar-refractivity contribution in [1.29, 1.82) is 0 Å². The first-order chi connectivity index (χ1) is 7.25. The number of aliphatic hydroxyl groups excluding tert-OH is 1. The molecule has 0 aromatic carbocycles. The Morgan fingerprint density at radius 2 is 2.47 bits per heavy atom. The molecule has 1 fully saturated rings. The molecule has 1 aromatic rings. The predicted octanol–water partition coefficient (Wildman–Crippen LogP) is 0.331. The van der Waals surface area contributed by atoms with E-state index in [0.29, 0.717) is 18.8 Å². The molecule has 15 heavy (non-hydrogen) atoms. The van der Waals surface area contributed by atoms with Gasteiger partial charge in [0.1, 0.15) is 5.69 Å². The lowest BCUT2D eigenvalue weighted by atomic mass is 10.2. The summed E-state index contributed by atoms with van der Waals surface area (Å²) in [5, 5.41) is 9.31. The summed E-state index contributed by atoms with van der Waals surface area (Å²) in [6, 6.07) is 5.31. The molecule has 2 rings (SSSR count). The minimum atomic E-state index is -0.276. The largest absolute Gasteiger partial charge is 0.392 e. The summed E-state index contributed by atoms with van der Waals surface area (Å²) in [5.41, 5.74) is 0.499. The number of carbonyl (C=O) groups excluding carboxylic acids is 1. The normalized spacial score (nSPS) is 21.8. The van der Waals surface area contributed by atoms with Gasteiger partial charge in [0, 0.05) is 19.3 Å². The van der Waals surface area contributed by atoms with Gasteiger partial charge in [-0.2, -0.15) is 0 Å². The van der Waals surface area contributed by atoms with E-state index in [-0.39, 0.29) is 11.9 Å². The minimum Gasteiger partial charge on any atom is -0.392 e. The smallest absolute Gasteiger partial charge is 0.195 e. The van der Waals surface area contributed by atoms with Crippen LogP contribution in [0.1, 0.15) is 16.9 Å². The maximum Gasteiger partial charge on any atom is 0.195 e. The molecule has 1 aliphatic heterocycles. The summed E-state index contributed by atoms with van der Waals surface area (Å²) in [4.78, 5) is 17.7. The molecule has 1 N–H and O–H groups in total. The van der Waals surface area contributed by atoms with E-state index in [1.165, 1.54) is 0 Å². The number of hydrogen-bond acceptors (Lipinski definition) is 4. The van der Waals surface area contributed by atoms with Gasteiger partial charge >= 0.3 is 0 Å². The predicted molar refractivity (Wildman–Crippen MR) is 55.6 cm³/mol. The molecule has 1 saturated heterocycles. The van der Waals surface area contributed by atoms with Gasteiger partial charge in [0.2, 0.25) is 0 Å². The molecule has 1 unspecified atom stereocenters. The molecule has 4 nitrogen and oxygen atoms in total. The molecule has 4 heteroatoms. The first-order valence-electron chi connectivity index (χ1n) is 5.10. The Morgan fingerprint density at radius 1 is 1.60 bits per heavy atom. The van der Waals surface area contributed by atoms with Crippen molar-refractivity contribution in [3.63, 3.8) is 0 Å². The summed E-state index contributed by atoms with van der Waals surface area (Å²) in [7, 11) is 0. The molecule has 0 aliphatic carbocycles. The first-order valence-corrected chi connectivity index (χ1v) is 5.10. The first kappa shape index (κ1) is 10.3. The van der Waals surface area contributed by atoms with Crippen molar-refractivity contribution < 1.29 is 9.90 Å². The number of Topliss-reactive ketones (excluding diaryl/α,β-unsaturated/α-hetero) is 1. The lowest BCUT2D eigenvalue weighted by Gasteiger charge is -2.12. The Morgan fingerprint density at radius 3 is 3.07 bits per heavy atom. The van der Waals surface area contributed by atoms with E-state index in [2.05, 4.69) is 4.98 Å². The quantitative estimate of drug-likeness (QED) is 0.724. The number of hydrogen-bond donors (Lipinski definition) is 1. The van der Waals surface area contributed by atoms with Crippen LogP contribution in [-0.4, -0.2) is 46.5 Å². The summed E-state index contributed by atoms with van der Waals surface area (Å²) in [5.74, 6) is 0.0182. The Labute approximate surface area is 88.6 Å². The van der Waals surface area contributed by atoms with E-state index < -0.39 is 0 Å². The van der Waals surface area contributed by atoms with E-state index in [1.807, 2.05) is 4.90 Å². The number of carbonyl (C=O) groups is 1. The van der Waals surface area contributed by atoms with E-state index in [4.69, 9.17) is 0 Å².